The van der Waals surface area contributed by atoms with E-state index in [0.29, 0.717) is 22.1 Å². The molecule has 1 heterocycles. The quantitative estimate of drug-likeness (QED) is 0.459. The number of carbonyl (C=O) groups is 1. The van der Waals surface area contributed by atoms with E-state index < -0.39 is 10.0 Å². The van der Waals surface area contributed by atoms with Gasteiger partial charge in [-0.05, 0) is 73.0 Å². The highest BCUT2D eigenvalue weighted by molar-refractivity contribution is 7.92. The van der Waals surface area contributed by atoms with Crippen molar-refractivity contribution in [1.82, 2.24) is 0 Å². The van der Waals surface area contributed by atoms with Crippen LogP contribution in [-0.4, -0.2) is 34.5 Å². The van der Waals surface area contributed by atoms with Crippen molar-refractivity contribution < 1.29 is 17.9 Å². The average molecular weight is 500 g/mol. The van der Waals surface area contributed by atoms with Crippen molar-refractivity contribution in [1.29, 1.82) is 0 Å². The molecule has 1 aliphatic rings. The second kappa shape index (κ2) is 10.4. The Kier molecular flexibility index (Phi) is 7.29. The number of sulfonamides is 1. The maximum absolute atomic E-state index is 13.1. The number of amides is 1. The molecule has 2 N–H and O–H groups in total. The second-order valence-electron chi connectivity index (χ2n) is 8.06. The van der Waals surface area contributed by atoms with Gasteiger partial charge in [-0.15, -0.1) is 0 Å². The molecule has 9 heteroatoms. The first-order valence-corrected chi connectivity index (χ1v) is 12.8. The minimum atomic E-state index is -3.87. The number of hydrogen-bond acceptors (Lipinski definition) is 5. The molecule has 0 aliphatic carbocycles. The van der Waals surface area contributed by atoms with E-state index in [1.54, 1.807) is 67.8 Å². The molecule has 1 fully saturated rings. The van der Waals surface area contributed by atoms with E-state index in [-0.39, 0.29) is 17.2 Å². The summed E-state index contributed by atoms with van der Waals surface area (Å²) in [7, 11) is -2.32. The maximum atomic E-state index is 13.1. The van der Waals surface area contributed by atoms with Crippen LogP contribution in [0.3, 0.4) is 0 Å². The summed E-state index contributed by atoms with van der Waals surface area (Å²) < 4.78 is 33.8. The molecule has 7 nitrogen and oxygen atoms in total. The molecule has 0 atom stereocenters. The Balaban J connectivity index is 1.59. The first-order valence-electron chi connectivity index (χ1n) is 10.9. The van der Waals surface area contributed by atoms with E-state index in [1.807, 2.05) is 0 Å². The first kappa shape index (κ1) is 23.9. The van der Waals surface area contributed by atoms with Gasteiger partial charge in [0.25, 0.3) is 10.0 Å². The first-order chi connectivity index (χ1) is 16.3. The lowest BCUT2D eigenvalue weighted by atomic mass is 10.1. The summed E-state index contributed by atoms with van der Waals surface area (Å²) in [6, 6.07) is 18.5. The molecule has 1 saturated heterocycles. The molecule has 178 valence electrons. The molecule has 0 bridgehead atoms. The zero-order valence-corrected chi connectivity index (χ0v) is 20.3. The van der Waals surface area contributed by atoms with Gasteiger partial charge >= 0.3 is 0 Å². The van der Waals surface area contributed by atoms with Crippen LogP contribution in [0.2, 0.25) is 5.02 Å². The zero-order chi connectivity index (χ0) is 24.1. The molecule has 0 aromatic heterocycles. The molecular formula is C25H26ClN3O4S. The largest absolute Gasteiger partial charge is 0.497 e. The number of anilines is 3. The predicted octanol–water partition coefficient (Wildman–Crippen LogP) is 4.93. The summed E-state index contributed by atoms with van der Waals surface area (Å²) in [6.07, 6.45) is 2.26. The van der Waals surface area contributed by atoms with Gasteiger partial charge in [0.15, 0.2) is 0 Å². The minimum Gasteiger partial charge on any atom is -0.497 e. The van der Waals surface area contributed by atoms with Crippen LogP contribution in [0, 0.1) is 0 Å². The maximum Gasteiger partial charge on any atom is 0.261 e. The van der Waals surface area contributed by atoms with Gasteiger partial charge in [0, 0.05) is 23.8 Å². The predicted molar refractivity (Wildman–Crippen MR) is 135 cm³/mol. The Bertz CT molecular complexity index is 1260. The van der Waals surface area contributed by atoms with Gasteiger partial charge in [-0.3, -0.25) is 9.52 Å². The third-order valence-corrected chi connectivity index (χ3v) is 7.25. The van der Waals surface area contributed by atoms with Crippen LogP contribution in [-0.2, 0) is 21.2 Å². The number of nitrogens with zero attached hydrogens (tertiary/aromatic N) is 1. The van der Waals surface area contributed by atoms with Crippen molar-refractivity contribution in [2.45, 2.75) is 24.2 Å². The van der Waals surface area contributed by atoms with Gasteiger partial charge < -0.3 is 15.0 Å². The van der Waals surface area contributed by atoms with Gasteiger partial charge in [0.1, 0.15) is 5.75 Å². The normalized spacial score (nSPS) is 13.5. The molecular weight excluding hydrogens is 474 g/mol. The monoisotopic (exact) mass is 499 g/mol. The van der Waals surface area contributed by atoms with Crippen LogP contribution < -0.4 is 19.7 Å². The van der Waals surface area contributed by atoms with Gasteiger partial charge in [-0.1, -0.05) is 23.7 Å². The molecule has 3 aromatic rings. The third-order valence-electron chi connectivity index (χ3n) is 5.62. The molecule has 1 aliphatic heterocycles. The van der Waals surface area contributed by atoms with Crippen molar-refractivity contribution in [2.24, 2.45) is 0 Å². The highest BCUT2D eigenvalue weighted by Gasteiger charge is 2.21. The average Bonchev–Trinajstić information content (AvgIpc) is 3.35. The fourth-order valence-corrected chi connectivity index (χ4v) is 5.08. The number of carbonyl (C=O) groups excluding carboxylic acids is 1. The molecule has 3 aromatic carbocycles. The molecule has 4 rings (SSSR count). The molecule has 0 unspecified atom stereocenters. The number of nitrogens with one attached hydrogen (secondary N) is 2. The van der Waals surface area contributed by atoms with E-state index in [4.69, 9.17) is 16.3 Å². The number of benzene rings is 3. The summed E-state index contributed by atoms with van der Waals surface area (Å²) in [5, 5.41) is 3.52. The van der Waals surface area contributed by atoms with Crippen LogP contribution in [0.4, 0.5) is 17.1 Å². The summed E-state index contributed by atoms with van der Waals surface area (Å²) in [4.78, 5) is 15.0. The summed E-state index contributed by atoms with van der Waals surface area (Å²) in [5.74, 6) is 0.393. The summed E-state index contributed by atoms with van der Waals surface area (Å²) >= 11 is 5.93. The van der Waals surface area contributed by atoms with E-state index in [2.05, 4.69) is 14.9 Å². The fraction of sp³-hybridized carbons (Fsp3) is 0.240. The van der Waals surface area contributed by atoms with Crippen LogP contribution >= 0.6 is 11.6 Å². The Labute approximate surface area is 204 Å². The van der Waals surface area contributed by atoms with Crippen molar-refractivity contribution in [3.63, 3.8) is 0 Å². The lowest BCUT2D eigenvalue weighted by molar-refractivity contribution is -0.115. The Morgan fingerprint density at radius 3 is 2.32 bits per heavy atom. The summed E-state index contributed by atoms with van der Waals surface area (Å²) in [6.45, 7) is 1.71. The zero-order valence-electron chi connectivity index (χ0n) is 18.8. The van der Waals surface area contributed by atoms with Gasteiger partial charge in [0.05, 0.1) is 29.8 Å². The van der Waals surface area contributed by atoms with Crippen molar-refractivity contribution in [3.8, 4) is 5.75 Å². The second-order valence-corrected chi connectivity index (χ2v) is 10.2. The highest BCUT2D eigenvalue weighted by Crippen LogP contribution is 2.32. The van der Waals surface area contributed by atoms with E-state index in [1.165, 1.54) is 6.07 Å². The standard InChI is InChI=1S/C25H26ClN3O4S/c1-33-21-10-8-20(9-11-21)28-34(31,32)22-12-13-24(29-14-2-3-15-29)23(17-22)27-25(30)16-18-4-6-19(26)7-5-18/h4-13,17,28H,2-3,14-16H2,1H3,(H,27,30). The van der Waals surface area contributed by atoms with E-state index in [0.717, 1.165) is 37.2 Å². The molecule has 1 amide bonds. The lowest BCUT2D eigenvalue weighted by Crippen LogP contribution is -2.22. The number of halogens is 1. The molecule has 0 spiro atoms. The van der Waals surface area contributed by atoms with Crippen LogP contribution in [0.1, 0.15) is 18.4 Å². The Morgan fingerprint density at radius 1 is 1.00 bits per heavy atom. The van der Waals surface area contributed by atoms with Crippen molar-refractivity contribution in [3.05, 3.63) is 77.3 Å². The third kappa shape index (κ3) is 5.81. The molecule has 0 radical (unpaired) electrons. The van der Waals surface area contributed by atoms with Crippen LogP contribution in [0.15, 0.2) is 71.6 Å². The Morgan fingerprint density at radius 2 is 1.68 bits per heavy atom. The topological polar surface area (TPSA) is 87.7 Å². The lowest BCUT2D eigenvalue weighted by Gasteiger charge is -2.22. The Hall–Kier alpha value is -3.23. The van der Waals surface area contributed by atoms with Gasteiger partial charge in [-0.2, -0.15) is 0 Å². The van der Waals surface area contributed by atoms with Gasteiger partial charge in [0.2, 0.25) is 5.91 Å². The number of ether oxygens (including phenoxy) is 1. The van der Waals surface area contributed by atoms with Crippen LogP contribution in [0.25, 0.3) is 0 Å². The number of methoxy groups -OCH3 is 1. The smallest absolute Gasteiger partial charge is 0.261 e. The minimum absolute atomic E-state index is 0.0630. The number of hydrogen-bond donors (Lipinski definition) is 2. The highest BCUT2D eigenvalue weighted by atomic mass is 35.5. The fourth-order valence-electron chi connectivity index (χ4n) is 3.87. The summed E-state index contributed by atoms with van der Waals surface area (Å²) in [5.41, 5.74) is 2.51. The van der Waals surface area contributed by atoms with E-state index >= 15 is 0 Å². The molecule has 34 heavy (non-hydrogen) atoms. The van der Waals surface area contributed by atoms with Crippen molar-refractivity contribution in [2.75, 3.05) is 35.1 Å². The SMILES string of the molecule is COc1ccc(NS(=O)(=O)c2ccc(N3CCCC3)c(NC(=O)Cc3ccc(Cl)cc3)c2)cc1. The van der Waals surface area contributed by atoms with Gasteiger partial charge in [-0.25, -0.2) is 8.42 Å². The van der Waals surface area contributed by atoms with E-state index in [9.17, 15) is 13.2 Å². The number of rotatable bonds is 8. The van der Waals surface area contributed by atoms with Crippen molar-refractivity contribution >= 4 is 44.6 Å². The van der Waals surface area contributed by atoms with Crippen LogP contribution in [0.5, 0.6) is 5.75 Å². The molecule has 0 saturated carbocycles.